The molecule has 3 nitrogen and oxygen atoms in total. The molecular formula is C15H22ClNO2S. The van der Waals surface area contributed by atoms with E-state index in [0.717, 1.165) is 30.4 Å². The van der Waals surface area contributed by atoms with Gasteiger partial charge < -0.3 is 0 Å². The zero-order chi connectivity index (χ0) is 14.8. The highest BCUT2D eigenvalue weighted by molar-refractivity contribution is 7.89. The summed E-state index contributed by atoms with van der Waals surface area (Å²) in [6.07, 6.45) is 3.74. The van der Waals surface area contributed by atoms with Crippen molar-refractivity contribution in [2.75, 3.05) is 12.4 Å². The third kappa shape index (κ3) is 3.18. The van der Waals surface area contributed by atoms with Gasteiger partial charge in [-0.25, -0.2) is 8.42 Å². The van der Waals surface area contributed by atoms with E-state index in [2.05, 4.69) is 0 Å². The first-order valence-corrected chi connectivity index (χ1v) is 9.09. The Kier molecular flexibility index (Phi) is 5.10. The van der Waals surface area contributed by atoms with Gasteiger partial charge in [0.2, 0.25) is 10.0 Å². The van der Waals surface area contributed by atoms with E-state index >= 15 is 0 Å². The molecule has 0 saturated heterocycles. The molecule has 1 aliphatic carbocycles. The largest absolute Gasteiger partial charge is 0.243 e. The average Bonchev–Trinajstić information content (AvgIpc) is 2.35. The molecule has 1 saturated carbocycles. The maximum absolute atomic E-state index is 12.8. The SMILES string of the molecule is Cc1ccc(S(=O)(=O)N(CCCCl)C2CCC2)cc1C. The van der Waals surface area contributed by atoms with Gasteiger partial charge in [0.15, 0.2) is 0 Å². The minimum absolute atomic E-state index is 0.157. The van der Waals surface area contributed by atoms with Crippen LogP contribution in [-0.4, -0.2) is 31.2 Å². The molecule has 2 rings (SSSR count). The van der Waals surface area contributed by atoms with Gasteiger partial charge in [0.05, 0.1) is 4.90 Å². The molecule has 20 heavy (non-hydrogen) atoms. The van der Waals surface area contributed by atoms with Gasteiger partial charge in [0, 0.05) is 18.5 Å². The van der Waals surface area contributed by atoms with Crippen molar-refractivity contribution in [2.45, 2.75) is 50.5 Å². The molecule has 1 aliphatic rings. The normalized spacial score (nSPS) is 16.4. The Morgan fingerprint density at radius 3 is 2.45 bits per heavy atom. The number of sulfonamides is 1. The van der Waals surface area contributed by atoms with Crippen LogP contribution in [0.25, 0.3) is 0 Å². The standard InChI is InChI=1S/C15H22ClNO2S/c1-12-7-8-15(11-13(12)2)20(18,19)17(10-4-9-16)14-5-3-6-14/h7-8,11,14H,3-6,9-10H2,1-2H3. The van der Waals surface area contributed by atoms with E-state index < -0.39 is 10.0 Å². The molecule has 1 aromatic rings. The molecule has 1 fully saturated rings. The second kappa shape index (κ2) is 6.46. The zero-order valence-corrected chi connectivity index (χ0v) is 13.7. The van der Waals surface area contributed by atoms with E-state index in [1.54, 1.807) is 16.4 Å². The maximum atomic E-state index is 12.8. The Balaban J connectivity index is 2.30. The number of nitrogens with zero attached hydrogens (tertiary/aromatic N) is 1. The summed E-state index contributed by atoms with van der Waals surface area (Å²) < 4.78 is 27.3. The number of rotatable bonds is 6. The van der Waals surface area contributed by atoms with Crippen LogP contribution in [-0.2, 0) is 10.0 Å². The van der Waals surface area contributed by atoms with E-state index in [-0.39, 0.29) is 6.04 Å². The molecule has 0 aliphatic heterocycles. The fourth-order valence-corrected chi connectivity index (χ4v) is 4.33. The van der Waals surface area contributed by atoms with Crippen LogP contribution in [0.4, 0.5) is 0 Å². The van der Waals surface area contributed by atoms with Crippen LogP contribution in [0.3, 0.4) is 0 Å². The van der Waals surface area contributed by atoms with Crippen LogP contribution in [0.5, 0.6) is 0 Å². The van der Waals surface area contributed by atoms with Gasteiger partial charge >= 0.3 is 0 Å². The Bertz CT molecular complexity index is 567. The summed E-state index contributed by atoms with van der Waals surface area (Å²) in [5.74, 6) is 0.492. The van der Waals surface area contributed by atoms with E-state index in [0.29, 0.717) is 23.7 Å². The topological polar surface area (TPSA) is 37.4 Å². The Morgan fingerprint density at radius 1 is 1.25 bits per heavy atom. The first-order chi connectivity index (χ1) is 9.46. The molecule has 0 atom stereocenters. The number of benzene rings is 1. The maximum Gasteiger partial charge on any atom is 0.243 e. The summed E-state index contributed by atoms with van der Waals surface area (Å²) >= 11 is 5.73. The lowest BCUT2D eigenvalue weighted by atomic mass is 9.93. The van der Waals surface area contributed by atoms with Gasteiger partial charge in [0.25, 0.3) is 0 Å². The number of aryl methyl sites for hydroxylation is 2. The van der Waals surface area contributed by atoms with Crippen LogP contribution in [0.2, 0.25) is 0 Å². The van der Waals surface area contributed by atoms with Gasteiger partial charge in [0.1, 0.15) is 0 Å². The molecule has 0 heterocycles. The fraction of sp³-hybridized carbons (Fsp3) is 0.600. The number of hydrogen-bond donors (Lipinski definition) is 0. The zero-order valence-electron chi connectivity index (χ0n) is 12.1. The molecule has 112 valence electrons. The molecule has 1 aromatic carbocycles. The average molecular weight is 316 g/mol. The minimum Gasteiger partial charge on any atom is -0.207 e. The van der Waals surface area contributed by atoms with Crippen LogP contribution < -0.4 is 0 Å². The molecule has 5 heteroatoms. The molecule has 0 amide bonds. The summed E-state index contributed by atoms with van der Waals surface area (Å²) in [5.41, 5.74) is 2.12. The van der Waals surface area contributed by atoms with Crippen molar-refractivity contribution >= 4 is 21.6 Å². The smallest absolute Gasteiger partial charge is 0.207 e. The highest BCUT2D eigenvalue weighted by atomic mass is 35.5. The minimum atomic E-state index is -3.40. The van der Waals surface area contributed by atoms with E-state index in [4.69, 9.17) is 11.6 Å². The van der Waals surface area contributed by atoms with Crippen molar-refractivity contribution in [3.63, 3.8) is 0 Å². The molecule has 0 bridgehead atoms. The predicted octanol–water partition coefficient (Wildman–Crippen LogP) is 3.48. The second-order valence-corrected chi connectivity index (χ2v) is 7.76. The lowest BCUT2D eigenvalue weighted by Crippen LogP contribution is -2.44. The third-order valence-corrected chi connectivity index (χ3v) is 6.29. The predicted molar refractivity (Wildman–Crippen MR) is 82.8 cm³/mol. The van der Waals surface area contributed by atoms with Crippen LogP contribution >= 0.6 is 11.6 Å². The lowest BCUT2D eigenvalue weighted by Gasteiger charge is -2.36. The molecule has 0 aromatic heterocycles. The van der Waals surface area contributed by atoms with Crippen molar-refractivity contribution in [2.24, 2.45) is 0 Å². The first-order valence-electron chi connectivity index (χ1n) is 7.12. The van der Waals surface area contributed by atoms with Gasteiger partial charge in [-0.1, -0.05) is 12.5 Å². The lowest BCUT2D eigenvalue weighted by molar-refractivity contribution is 0.220. The highest BCUT2D eigenvalue weighted by Gasteiger charge is 2.34. The van der Waals surface area contributed by atoms with E-state index in [1.807, 2.05) is 19.9 Å². The van der Waals surface area contributed by atoms with Gasteiger partial charge in [-0.05, 0) is 56.4 Å². The molecule has 0 N–H and O–H groups in total. The van der Waals surface area contributed by atoms with Crippen molar-refractivity contribution in [1.82, 2.24) is 4.31 Å². The monoisotopic (exact) mass is 315 g/mol. The van der Waals surface area contributed by atoms with Gasteiger partial charge in [-0.3, -0.25) is 0 Å². The summed E-state index contributed by atoms with van der Waals surface area (Å²) in [6.45, 7) is 4.45. The van der Waals surface area contributed by atoms with Crippen molar-refractivity contribution in [3.8, 4) is 0 Å². The fourth-order valence-electron chi connectivity index (χ4n) is 2.40. The van der Waals surface area contributed by atoms with Gasteiger partial charge in [-0.2, -0.15) is 4.31 Å². The number of halogens is 1. The summed E-state index contributed by atoms with van der Waals surface area (Å²) in [4.78, 5) is 0.405. The number of hydrogen-bond acceptors (Lipinski definition) is 2. The molecule has 0 unspecified atom stereocenters. The number of alkyl halides is 1. The Labute approximate surface area is 127 Å². The molecule has 0 radical (unpaired) electrons. The van der Waals surface area contributed by atoms with Crippen LogP contribution in [0, 0.1) is 13.8 Å². The Morgan fingerprint density at radius 2 is 1.95 bits per heavy atom. The third-order valence-electron chi connectivity index (χ3n) is 4.08. The molecule has 0 spiro atoms. The quantitative estimate of drug-likeness (QED) is 0.754. The van der Waals surface area contributed by atoms with E-state index in [9.17, 15) is 8.42 Å². The summed E-state index contributed by atoms with van der Waals surface area (Å²) in [5, 5.41) is 0. The highest BCUT2D eigenvalue weighted by Crippen LogP contribution is 2.30. The first kappa shape index (κ1) is 15.8. The van der Waals surface area contributed by atoms with Crippen LogP contribution in [0.1, 0.15) is 36.8 Å². The van der Waals surface area contributed by atoms with Crippen LogP contribution in [0.15, 0.2) is 23.1 Å². The van der Waals surface area contributed by atoms with Gasteiger partial charge in [-0.15, -0.1) is 11.6 Å². The second-order valence-electron chi connectivity index (χ2n) is 5.49. The van der Waals surface area contributed by atoms with Crippen molar-refractivity contribution < 1.29 is 8.42 Å². The van der Waals surface area contributed by atoms with E-state index in [1.165, 1.54) is 0 Å². The molecular weight excluding hydrogens is 294 g/mol. The summed E-state index contributed by atoms with van der Waals surface area (Å²) in [7, 11) is -3.40. The Hall–Kier alpha value is -0.580. The summed E-state index contributed by atoms with van der Waals surface area (Å²) in [6, 6.07) is 5.52. The van der Waals surface area contributed by atoms with Crippen molar-refractivity contribution in [3.05, 3.63) is 29.3 Å². The van der Waals surface area contributed by atoms with Crippen molar-refractivity contribution in [1.29, 1.82) is 0 Å².